The number of nitrogens with zero attached hydrogens (tertiary/aromatic N) is 3. The first-order chi connectivity index (χ1) is 29.7. The van der Waals surface area contributed by atoms with E-state index in [1.54, 1.807) is 0 Å². The van der Waals surface area contributed by atoms with E-state index in [4.69, 9.17) is 14.3 Å². The minimum absolute atomic E-state index is 0.0871. The van der Waals surface area contributed by atoms with E-state index in [0.29, 0.717) is 0 Å². The van der Waals surface area contributed by atoms with E-state index >= 15 is 0 Å². The maximum Gasteiger partial charge on any atom is 0.494 e. The summed E-state index contributed by atoms with van der Waals surface area (Å²) < 4.78 is 13.8. The van der Waals surface area contributed by atoms with Crippen LogP contribution in [-0.4, -0.2) is 23.3 Å². The Kier molecular flexibility index (Phi) is 11.6. The van der Waals surface area contributed by atoms with E-state index in [0.717, 1.165) is 27.0 Å². The van der Waals surface area contributed by atoms with Crippen LogP contribution in [0.5, 0.6) is 0 Å². The molecule has 0 radical (unpaired) electrons. The molecule has 0 spiro atoms. The number of rotatable bonds is 4. The van der Waals surface area contributed by atoms with Gasteiger partial charge in [-0.3, -0.25) is 4.90 Å². The van der Waals surface area contributed by atoms with Crippen LogP contribution in [-0.2, 0) is 20.1 Å². The van der Waals surface area contributed by atoms with Crippen molar-refractivity contribution in [3.05, 3.63) is 191 Å². The average molecular weight is 883 g/mol. The van der Waals surface area contributed by atoms with Gasteiger partial charge in [-0.1, -0.05) is 155 Å². The molecular formula is C55H57BBrN3O2. The Labute approximate surface area is 378 Å². The summed E-state index contributed by atoms with van der Waals surface area (Å²) in [4.78, 5) is 9.50. The van der Waals surface area contributed by atoms with E-state index < -0.39 is 0 Å². The molecule has 3 aliphatic heterocycles. The smallest absolute Gasteiger partial charge is 0.399 e. The summed E-state index contributed by atoms with van der Waals surface area (Å²) in [6.45, 7) is 21.6. The van der Waals surface area contributed by atoms with Gasteiger partial charge >= 0.3 is 7.12 Å². The summed E-state index contributed by atoms with van der Waals surface area (Å²) in [5.41, 5.74) is 13.6. The molecule has 314 valence electrons. The Hall–Kier alpha value is -5.47. The third kappa shape index (κ3) is 7.59. The fourth-order valence-corrected chi connectivity index (χ4v) is 9.31. The fraction of sp³-hybridized carbons (Fsp3) is 0.255. The highest BCUT2D eigenvalue weighted by atomic mass is 79.9. The van der Waals surface area contributed by atoms with Crippen LogP contribution in [0, 0.1) is 0 Å². The van der Waals surface area contributed by atoms with Gasteiger partial charge in [-0.15, -0.1) is 0 Å². The second kappa shape index (κ2) is 16.7. The molecule has 0 saturated carbocycles. The van der Waals surface area contributed by atoms with E-state index in [9.17, 15) is 0 Å². The lowest BCUT2D eigenvalue weighted by atomic mass is 9.69. The molecule has 4 heterocycles. The van der Waals surface area contributed by atoms with Crippen LogP contribution in [0.3, 0.4) is 0 Å². The quantitative estimate of drug-likeness (QED) is 0.165. The van der Waals surface area contributed by atoms with Gasteiger partial charge < -0.3 is 14.2 Å². The van der Waals surface area contributed by atoms with Gasteiger partial charge in [0.05, 0.1) is 34.0 Å². The number of pyridine rings is 1. The predicted molar refractivity (Wildman–Crippen MR) is 265 cm³/mol. The van der Waals surface area contributed by atoms with Gasteiger partial charge in [0.1, 0.15) is 5.82 Å². The van der Waals surface area contributed by atoms with Crippen molar-refractivity contribution in [3.8, 4) is 11.1 Å². The minimum Gasteiger partial charge on any atom is -0.399 e. The van der Waals surface area contributed by atoms with Gasteiger partial charge in [0, 0.05) is 32.8 Å². The van der Waals surface area contributed by atoms with Crippen molar-refractivity contribution < 1.29 is 9.31 Å². The molecule has 5 nitrogen and oxygen atoms in total. The van der Waals surface area contributed by atoms with Crippen LogP contribution in [0.15, 0.2) is 168 Å². The summed E-state index contributed by atoms with van der Waals surface area (Å²) in [5.74, 6) is 0.927. The summed E-state index contributed by atoms with van der Waals surface area (Å²) in [6, 6.07) is 55.8. The molecule has 0 aliphatic carbocycles. The number of para-hydroxylation sites is 3. The van der Waals surface area contributed by atoms with Gasteiger partial charge in [0.15, 0.2) is 0 Å². The molecule has 3 aliphatic rings. The van der Waals surface area contributed by atoms with Crippen LogP contribution in [0.4, 0.5) is 34.3 Å². The lowest BCUT2D eigenvalue weighted by Crippen LogP contribution is -2.41. The molecule has 0 amide bonds. The van der Waals surface area contributed by atoms with Gasteiger partial charge in [-0.05, 0) is 122 Å². The monoisotopic (exact) mass is 881 g/mol. The zero-order valence-corrected chi connectivity index (χ0v) is 39.3. The Morgan fingerprint density at radius 2 is 0.952 bits per heavy atom. The molecule has 10 rings (SSSR count). The standard InChI is InChI=1S/C27H30BNO2.C26H21BrN2.C2H6/c1-25(2)21-14-10-11-15-23(21)29(20-12-8-7-9-13-20)24-17-16-19(18-22(24)25)28-30-26(3,4)27(5,6)31-28;1-26(2)21-10-6-7-11-23(21)29(24-14-13-20(27)16-22(24)26)25-15-12-19(17-28-25)18-8-4-3-5-9-18;1-2/h7-18H,1-6H3;3-17H,1-2H3;1-2H3. The SMILES string of the molecule is CC.CC1(C)c2ccccc2N(c2ccc(-c3ccccc3)cn2)c2ccc(Br)cc21.CC1(C)c2ccccc2N(c2ccccc2)c2ccc(B3OC(C)(C)C(C)(C)O3)cc21. The first-order valence-electron chi connectivity index (χ1n) is 21.8. The number of hydrogen-bond donors (Lipinski definition) is 0. The van der Waals surface area contributed by atoms with E-state index in [1.165, 1.54) is 50.6 Å². The van der Waals surface area contributed by atoms with Gasteiger partial charge in [-0.2, -0.15) is 0 Å². The summed E-state index contributed by atoms with van der Waals surface area (Å²) in [5, 5.41) is 0. The summed E-state index contributed by atoms with van der Waals surface area (Å²) in [7, 11) is -0.367. The normalized spacial score (nSPS) is 16.9. The number of aromatic nitrogens is 1. The largest absolute Gasteiger partial charge is 0.494 e. The fourth-order valence-electron chi connectivity index (χ4n) is 8.94. The first kappa shape index (κ1) is 43.2. The average Bonchev–Trinajstić information content (AvgIpc) is 3.51. The van der Waals surface area contributed by atoms with Crippen LogP contribution in [0.1, 0.15) is 91.5 Å². The second-order valence-corrected chi connectivity index (χ2v) is 19.0. The van der Waals surface area contributed by atoms with Gasteiger partial charge in [-0.25, -0.2) is 4.98 Å². The molecule has 0 bridgehead atoms. The molecule has 6 aromatic carbocycles. The maximum atomic E-state index is 6.35. The third-order valence-electron chi connectivity index (χ3n) is 13.1. The molecule has 0 atom stereocenters. The molecule has 0 N–H and O–H groups in total. The van der Waals surface area contributed by atoms with Crippen LogP contribution in [0.25, 0.3) is 11.1 Å². The lowest BCUT2D eigenvalue weighted by Gasteiger charge is -2.42. The number of benzene rings is 6. The number of halogens is 1. The molecule has 7 heteroatoms. The van der Waals surface area contributed by atoms with Crippen molar-refractivity contribution in [1.29, 1.82) is 0 Å². The predicted octanol–water partition coefficient (Wildman–Crippen LogP) is 14.7. The highest BCUT2D eigenvalue weighted by Gasteiger charge is 2.52. The number of hydrogen-bond acceptors (Lipinski definition) is 5. The highest BCUT2D eigenvalue weighted by Crippen LogP contribution is 2.53. The topological polar surface area (TPSA) is 37.8 Å². The molecular weight excluding hydrogens is 825 g/mol. The molecule has 1 fully saturated rings. The number of anilines is 6. The van der Waals surface area contributed by atoms with E-state index in [-0.39, 0.29) is 29.2 Å². The van der Waals surface area contributed by atoms with Crippen molar-refractivity contribution in [3.63, 3.8) is 0 Å². The van der Waals surface area contributed by atoms with Crippen LogP contribution >= 0.6 is 15.9 Å². The zero-order valence-electron chi connectivity index (χ0n) is 37.7. The highest BCUT2D eigenvalue weighted by molar-refractivity contribution is 9.10. The van der Waals surface area contributed by atoms with Crippen molar-refractivity contribution in [2.24, 2.45) is 0 Å². The molecule has 1 aromatic heterocycles. The Morgan fingerprint density at radius 3 is 1.53 bits per heavy atom. The Bertz CT molecular complexity index is 2680. The van der Waals surface area contributed by atoms with Gasteiger partial charge in [0.2, 0.25) is 0 Å². The van der Waals surface area contributed by atoms with Crippen molar-refractivity contribution in [2.75, 3.05) is 9.80 Å². The number of fused-ring (bicyclic) bond motifs is 4. The van der Waals surface area contributed by atoms with Crippen LogP contribution < -0.4 is 15.3 Å². The molecule has 62 heavy (non-hydrogen) atoms. The summed E-state index contributed by atoms with van der Waals surface area (Å²) >= 11 is 3.66. The Morgan fingerprint density at radius 1 is 0.468 bits per heavy atom. The van der Waals surface area contributed by atoms with Crippen LogP contribution in [0.2, 0.25) is 0 Å². The van der Waals surface area contributed by atoms with E-state index in [1.807, 2.05) is 26.1 Å². The van der Waals surface area contributed by atoms with E-state index in [2.05, 4.69) is 233 Å². The van der Waals surface area contributed by atoms with Crippen molar-refractivity contribution in [2.45, 2.75) is 91.3 Å². The Balaban J connectivity index is 0.000000165. The summed E-state index contributed by atoms with van der Waals surface area (Å²) in [6.07, 6.45) is 1.96. The maximum absolute atomic E-state index is 6.35. The van der Waals surface area contributed by atoms with Crippen molar-refractivity contribution >= 4 is 62.8 Å². The second-order valence-electron chi connectivity index (χ2n) is 18.1. The molecule has 0 unspecified atom stereocenters. The van der Waals surface area contributed by atoms with Gasteiger partial charge in [0.25, 0.3) is 0 Å². The molecule has 7 aromatic rings. The molecule has 1 saturated heterocycles. The zero-order chi connectivity index (χ0) is 44.0. The lowest BCUT2D eigenvalue weighted by molar-refractivity contribution is 0.00578. The first-order valence-corrected chi connectivity index (χ1v) is 22.6. The van der Waals surface area contributed by atoms with Crippen molar-refractivity contribution in [1.82, 2.24) is 4.98 Å². The third-order valence-corrected chi connectivity index (χ3v) is 13.6. The minimum atomic E-state index is -0.367.